The van der Waals surface area contributed by atoms with Crippen molar-refractivity contribution in [2.24, 2.45) is 0 Å². The molecule has 0 aliphatic rings. The smallest absolute Gasteiger partial charge is 0.255 e. The fourth-order valence-corrected chi connectivity index (χ4v) is 3.70. The molecule has 0 fully saturated rings. The van der Waals surface area contributed by atoms with Crippen LogP contribution in [0.15, 0.2) is 53.9 Å². The number of carbonyl (C=O) groups excluding carboxylic acids is 1. The summed E-state index contributed by atoms with van der Waals surface area (Å²) in [5.74, 6) is -0.224. The molecule has 2 aromatic carbocycles. The van der Waals surface area contributed by atoms with Crippen LogP contribution >= 0.6 is 34.5 Å². The third-order valence-electron chi connectivity index (χ3n) is 3.56. The highest BCUT2D eigenvalue weighted by atomic mass is 35.5. The van der Waals surface area contributed by atoms with Gasteiger partial charge in [0.05, 0.1) is 10.6 Å². The van der Waals surface area contributed by atoms with Crippen LogP contribution in [-0.4, -0.2) is 5.91 Å². The zero-order valence-corrected chi connectivity index (χ0v) is 14.9. The van der Waals surface area contributed by atoms with Crippen molar-refractivity contribution < 1.29 is 4.79 Å². The lowest BCUT2D eigenvalue weighted by atomic mass is 10.0. The Kier molecular flexibility index (Phi) is 5.09. The average molecular weight is 377 g/mol. The van der Waals surface area contributed by atoms with Gasteiger partial charge < -0.3 is 11.1 Å². The number of anilines is 1. The molecule has 0 bridgehead atoms. The Morgan fingerprint density at radius 3 is 2.54 bits per heavy atom. The van der Waals surface area contributed by atoms with E-state index in [9.17, 15) is 4.79 Å². The number of amides is 1. The van der Waals surface area contributed by atoms with Crippen LogP contribution < -0.4 is 11.1 Å². The normalized spacial score (nSPS) is 10.6. The molecule has 122 valence electrons. The fourth-order valence-electron chi connectivity index (χ4n) is 2.38. The van der Waals surface area contributed by atoms with Gasteiger partial charge in [-0.05, 0) is 17.7 Å². The van der Waals surface area contributed by atoms with Gasteiger partial charge in [0.1, 0.15) is 0 Å². The van der Waals surface area contributed by atoms with Gasteiger partial charge in [-0.1, -0.05) is 59.6 Å². The second kappa shape index (κ2) is 7.26. The third-order valence-corrected chi connectivity index (χ3v) is 4.92. The lowest BCUT2D eigenvalue weighted by Crippen LogP contribution is -2.23. The standard InChI is InChI=1S/C18H14Cl2N2OS/c19-12-6-7-13(15(20)8-12)14-10-24-17(21)16(14)18(23)22-9-11-4-2-1-3-5-11/h1-8,10H,9,21H2,(H,22,23). The average Bonchev–Trinajstić information content (AvgIpc) is 2.95. The number of rotatable bonds is 4. The molecule has 0 unspecified atom stereocenters. The number of nitrogen functional groups attached to an aromatic ring is 1. The number of nitrogens with one attached hydrogen (secondary N) is 1. The molecule has 0 radical (unpaired) electrons. The summed E-state index contributed by atoms with van der Waals surface area (Å²) in [7, 11) is 0. The van der Waals surface area contributed by atoms with E-state index < -0.39 is 0 Å². The van der Waals surface area contributed by atoms with Crippen LogP contribution in [0, 0.1) is 0 Å². The van der Waals surface area contributed by atoms with Gasteiger partial charge in [-0.3, -0.25) is 4.79 Å². The molecule has 0 aliphatic heterocycles. The van der Waals surface area contributed by atoms with Gasteiger partial charge in [-0.15, -0.1) is 11.3 Å². The predicted molar refractivity (Wildman–Crippen MR) is 102 cm³/mol. The Bertz CT molecular complexity index is 878. The minimum absolute atomic E-state index is 0.224. The van der Waals surface area contributed by atoms with Crippen LogP contribution in [-0.2, 0) is 6.54 Å². The lowest BCUT2D eigenvalue weighted by molar-refractivity contribution is 0.0953. The number of carbonyl (C=O) groups is 1. The number of hydrogen-bond acceptors (Lipinski definition) is 3. The number of hydrogen-bond donors (Lipinski definition) is 2. The second-order valence-corrected chi connectivity index (χ2v) is 6.94. The number of thiophene rings is 1. The summed E-state index contributed by atoms with van der Waals surface area (Å²) in [6.07, 6.45) is 0. The molecule has 24 heavy (non-hydrogen) atoms. The summed E-state index contributed by atoms with van der Waals surface area (Å²) in [6, 6.07) is 14.9. The highest BCUT2D eigenvalue weighted by Crippen LogP contribution is 2.38. The van der Waals surface area contributed by atoms with Crippen molar-refractivity contribution in [1.82, 2.24) is 5.32 Å². The molecular weight excluding hydrogens is 363 g/mol. The quantitative estimate of drug-likeness (QED) is 0.654. The van der Waals surface area contributed by atoms with Crippen molar-refractivity contribution in [3.05, 3.63) is 75.1 Å². The van der Waals surface area contributed by atoms with Crippen molar-refractivity contribution in [2.45, 2.75) is 6.54 Å². The molecule has 0 atom stereocenters. The first-order valence-electron chi connectivity index (χ1n) is 7.21. The van der Waals surface area contributed by atoms with Crippen molar-refractivity contribution in [1.29, 1.82) is 0 Å². The summed E-state index contributed by atoms with van der Waals surface area (Å²) in [4.78, 5) is 12.6. The van der Waals surface area contributed by atoms with Crippen LogP contribution in [0.5, 0.6) is 0 Å². The van der Waals surface area contributed by atoms with Crippen molar-refractivity contribution >= 4 is 45.4 Å². The van der Waals surface area contributed by atoms with Gasteiger partial charge in [-0.25, -0.2) is 0 Å². The molecule has 3 N–H and O–H groups in total. The van der Waals surface area contributed by atoms with Crippen LogP contribution in [0.25, 0.3) is 11.1 Å². The van der Waals surface area contributed by atoms with E-state index in [4.69, 9.17) is 28.9 Å². The Balaban J connectivity index is 1.88. The Morgan fingerprint density at radius 1 is 1.08 bits per heavy atom. The molecule has 0 spiro atoms. The van der Waals surface area contributed by atoms with Crippen LogP contribution in [0.4, 0.5) is 5.00 Å². The molecule has 3 rings (SSSR count). The van der Waals surface area contributed by atoms with Crippen LogP contribution in [0.1, 0.15) is 15.9 Å². The van der Waals surface area contributed by atoms with Crippen molar-refractivity contribution in [3.63, 3.8) is 0 Å². The fraction of sp³-hybridized carbons (Fsp3) is 0.0556. The van der Waals surface area contributed by atoms with E-state index in [1.807, 2.05) is 35.7 Å². The molecule has 0 saturated heterocycles. The van der Waals surface area contributed by atoms with E-state index >= 15 is 0 Å². The summed E-state index contributed by atoms with van der Waals surface area (Å²) >= 11 is 13.5. The van der Waals surface area contributed by atoms with Gasteiger partial charge in [0.2, 0.25) is 0 Å². The summed E-state index contributed by atoms with van der Waals surface area (Å²) in [6.45, 7) is 0.433. The number of halogens is 2. The zero-order chi connectivity index (χ0) is 17.1. The van der Waals surface area contributed by atoms with Crippen LogP contribution in [0.2, 0.25) is 10.0 Å². The molecule has 6 heteroatoms. The molecule has 3 aromatic rings. The largest absolute Gasteiger partial charge is 0.390 e. The maximum atomic E-state index is 12.6. The molecule has 3 nitrogen and oxygen atoms in total. The van der Waals surface area contributed by atoms with E-state index in [2.05, 4.69) is 5.32 Å². The zero-order valence-electron chi connectivity index (χ0n) is 12.6. The van der Waals surface area contributed by atoms with E-state index in [1.54, 1.807) is 18.2 Å². The number of benzene rings is 2. The Morgan fingerprint density at radius 2 is 1.83 bits per heavy atom. The minimum Gasteiger partial charge on any atom is -0.390 e. The predicted octanol–water partition coefficient (Wildman–Crippen LogP) is 5.23. The van der Waals surface area contributed by atoms with Gasteiger partial charge in [0.15, 0.2) is 0 Å². The van der Waals surface area contributed by atoms with Gasteiger partial charge in [-0.2, -0.15) is 0 Å². The Labute approximate surface area is 154 Å². The molecule has 1 amide bonds. The summed E-state index contributed by atoms with van der Waals surface area (Å²) < 4.78 is 0. The molecule has 1 aromatic heterocycles. The second-order valence-electron chi connectivity index (χ2n) is 5.18. The maximum absolute atomic E-state index is 12.6. The lowest BCUT2D eigenvalue weighted by Gasteiger charge is -2.09. The Hall–Kier alpha value is -2.01. The van der Waals surface area contributed by atoms with E-state index in [1.165, 1.54) is 11.3 Å². The SMILES string of the molecule is Nc1scc(-c2ccc(Cl)cc2Cl)c1C(=O)NCc1ccccc1. The third kappa shape index (κ3) is 3.56. The molecular formula is C18H14Cl2N2OS. The first-order valence-corrected chi connectivity index (χ1v) is 8.84. The monoisotopic (exact) mass is 376 g/mol. The van der Waals surface area contributed by atoms with Gasteiger partial charge in [0, 0.05) is 33.1 Å². The van der Waals surface area contributed by atoms with E-state index in [0.29, 0.717) is 32.7 Å². The highest BCUT2D eigenvalue weighted by Gasteiger charge is 2.20. The minimum atomic E-state index is -0.224. The van der Waals surface area contributed by atoms with Gasteiger partial charge >= 0.3 is 0 Å². The first-order chi connectivity index (χ1) is 11.6. The van der Waals surface area contributed by atoms with E-state index in [-0.39, 0.29) is 5.91 Å². The topological polar surface area (TPSA) is 55.1 Å². The van der Waals surface area contributed by atoms with Crippen LogP contribution in [0.3, 0.4) is 0 Å². The molecule has 0 saturated carbocycles. The van der Waals surface area contributed by atoms with E-state index in [0.717, 1.165) is 11.1 Å². The molecule has 1 heterocycles. The molecule has 0 aliphatic carbocycles. The highest BCUT2D eigenvalue weighted by molar-refractivity contribution is 7.15. The maximum Gasteiger partial charge on any atom is 0.255 e. The first kappa shape index (κ1) is 16.8. The van der Waals surface area contributed by atoms with Crippen molar-refractivity contribution in [2.75, 3.05) is 5.73 Å². The summed E-state index contributed by atoms with van der Waals surface area (Å²) in [5.41, 5.74) is 8.93. The van der Waals surface area contributed by atoms with Crippen molar-refractivity contribution in [3.8, 4) is 11.1 Å². The van der Waals surface area contributed by atoms with Gasteiger partial charge in [0.25, 0.3) is 5.91 Å². The number of nitrogens with two attached hydrogens (primary N) is 1. The summed E-state index contributed by atoms with van der Waals surface area (Å²) in [5, 5.41) is 6.22.